The molecule has 6 heteroatoms. The minimum atomic E-state index is -0.0844. The van der Waals surface area contributed by atoms with Gasteiger partial charge >= 0.3 is 0 Å². The molecule has 0 atom stereocenters. The summed E-state index contributed by atoms with van der Waals surface area (Å²) in [6, 6.07) is 27.8. The van der Waals surface area contributed by atoms with Gasteiger partial charge in [-0.25, -0.2) is 4.98 Å². The first-order valence-electron chi connectivity index (χ1n) is 12.5. The second-order valence-corrected chi connectivity index (χ2v) is 9.96. The van der Waals surface area contributed by atoms with Gasteiger partial charge in [0.2, 0.25) is 0 Å². The third kappa shape index (κ3) is 4.76. The lowest BCUT2D eigenvalue weighted by Crippen LogP contribution is -2.44. The van der Waals surface area contributed by atoms with E-state index in [0.29, 0.717) is 21.7 Å². The number of hydrogen-bond donors (Lipinski definition) is 0. The summed E-state index contributed by atoms with van der Waals surface area (Å²) in [6.07, 6.45) is 3.85. The van der Waals surface area contributed by atoms with E-state index in [0.717, 1.165) is 48.2 Å². The van der Waals surface area contributed by atoms with Crippen LogP contribution in [0.4, 0.5) is 5.69 Å². The molecule has 0 aliphatic carbocycles. The Bertz CT molecular complexity index is 1670. The Balaban J connectivity index is 1.47. The van der Waals surface area contributed by atoms with Crippen LogP contribution in [0, 0.1) is 0 Å². The summed E-state index contributed by atoms with van der Waals surface area (Å²) in [5.41, 5.74) is 3.54. The van der Waals surface area contributed by atoms with E-state index < -0.39 is 0 Å². The van der Waals surface area contributed by atoms with Gasteiger partial charge in [0.15, 0.2) is 0 Å². The van der Waals surface area contributed by atoms with Crippen LogP contribution in [0.3, 0.4) is 0 Å². The Morgan fingerprint density at radius 1 is 0.784 bits per heavy atom. The average molecular weight is 507 g/mol. The summed E-state index contributed by atoms with van der Waals surface area (Å²) in [6.45, 7) is 4.08. The Labute approximate surface area is 220 Å². The molecular formula is C31H27ClN4O. The van der Waals surface area contributed by atoms with Crippen LogP contribution >= 0.6 is 11.6 Å². The van der Waals surface area contributed by atoms with Crippen LogP contribution in [0.1, 0.15) is 11.4 Å². The van der Waals surface area contributed by atoms with Crippen molar-refractivity contribution in [3.8, 4) is 5.69 Å². The van der Waals surface area contributed by atoms with E-state index >= 15 is 0 Å². The lowest BCUT2D eigenvalue weighted by Gasteiger charge is -2.34. The highest BCUT2D eigenvalue weighted by atomic mass is 35.5. The smallest absolute Gasteiger partial charge is 0.266 e. The van der Waals surface area contributed by atoms with Crippen molar-refractivity contribution in [2.45, 2.75) is 0 Å². The number of nitrogens with zero attached hydrogens (tertiary/aromatic N) is 4. The minimum absolute atomic E-state index is 0.0844. The van der Waals surface area contributed by atoms with E-state index in [1.165, 1.54) is 5.69 Å². The highest BCUT2D eigenvalue weighted by Gasteiger charge is 2.16. The first-order chi connectivity index (χ1) is 18.0. The Morgan fingerprint density at radius 3 is 2.14 bits per heavy atom. The Morgan fingerprint density at radius 2 is 1.43 bits per heavy atom. The molecule has 4 aromatic carbocycles. The maximum atomic E-state index is 13.9. The standard InChI is InChI=1S/C31H27ClN4O/c1-34-16-18-35(19-17-34)26-11-13-27(14-12-26)36-30(15-8-22-6-9-25(32)10-7-22)33-29-21-24-5-3-2-4-23(24)20-28(29)31(36)37/h2-15,20-21H,16-19H2,1H3. The van der Waals surface area contributed by atoms with Gasteiger partial charge in [-0.15, -0.1) is 0 Å². The van der Waals surface area contributed by atoms with Crippen molar-refractivity contribution in [3.63, 3.8) is 0 Å². The molecule has 184 valence electrons. The van der Waals surface area contributed by atoms with Crippen molar-refractivity contribution >= 4 is 51.1 Å². The third-order valence-electron chi connectivity index (χ3n) is 7.03. The number of anilines is 1. The fourth-order valence-electron chi connectivity index (χ4n) is 4.87. The van der Waals surface area contributed by atoms with Gasteiger partial charge in [-0.2, -0.15) is 0 Å². The second-order valence-electron chi connectivity index (χ2n) is 9.52. The van der Waals surface area contributed by atoms with Crippen molar-refractivity contribution in [1.82, 2.24) is 14.5 Å². The van der Waals surface area contributed by atoms with Crippen LogP contribution in [0.25, 0.3) is 39.5 Å². The van der Waals surface area contributed by atoms with E-state index in [4.69, 9.17) is 16.6 Å². The molecule has 0 radical (unpaired) electrons. The van der Waals surface area contributed by atoms with Crippen LogP contribution in [-0.2, 0) is 0 Å². The molecule has 1 aromatic heterocycles. The topological polar surface area (TPSA) is 41.4 Å². The number of halogens is 1. The van der Waals surface area contributed by atoms with Crippen LogP contribution in [-0.4, -0.2) is 47.7 Å². The van der Waals surface area contributed by atoms with Gasteiger partial charge in [0.05, 0.1) is 16.6 Å². The van der Waals surface area contributed by atoms with Gasteiger partial charge in [0, 0.05) is 36.9 Å². The number of benzene rings is 4. The van der Waals surface area contributed by atoms with Crippen molar-refractivity contribution in [3.05, 3.63) is 112 Å². The molecule has 0 N–H and O–H groups in total. The lowest BCUT2D eigenvalue weighted by molar-refractivity contribution is 0.313. The summed E-state index contributed by atoms with van der Waals surface area (Å²) < 4.78 is 1.71. The van der Waals surface area contributed by atoms with E-state index in [-0.39, 0.29) is 5.56 Å². The van der Waals surface area contributed by atoms with Gasteiger partial charge in [0.25, 0.3) is 5.56 Å². The number of hydrogen-bond acceptors (Lipinski definition) is 4. The Hall–Kier alpha value is -3.93. The fraction of sp³-hybridized carbons (Fsp3) is 0.161. The van der Waals surface area contributed by atoms with Crippen molar-refractivity contribution in [1.29, 1.82) is 0 Å². The molecule has 1 aliphatic rings. The summed E-state index contributed by atoms with van der Waals surface area (Å²) in [4.78, 5) is 23.6. The molecule has 37 heavy (non-hydrogen) atoms. The van der Waals surface area contributed by atoms with Crippen LogP contribution in [0.15, 0.2) is 89.7 Å². The molecule has 0 spiro atoms. The molecule has 5 nitrogen and oxygen atoms in total. The molecule has 0 saturated carbocycles. The average Bonchev–Trinajstić information content (AvgIpc) is 2.93. The van der Waals surface area contributed by atoms with E-state index in [1.807, 2.05) is 84.9 Å². The predicted octanol–water partition coefficient (Wildman–Crippen LogP) is 6.11. The number of fused-ring (bicyclic) bond motifs is 2. The number of aromatic nitrogens is 2. The van der Waals surface area contributed by atoms with Gasteiger partial charge in [-0.05, 0) is 78.0 Å². The second kappa shape index (κ2) is 9.85. The maximum Gasteiger partial charge on any atom is 0.266 e. The van der Waals surface area contributed by atoms with Gasteiger partial charge < -0.3 is 9.80 Å². The normalized spacial score (nSPS) is 14.7. The fourth-order valence-corrected chi connectivity index (χ4v) is 5.00. The zero-order chi connectivity index (χ0) is 25.4. The highest BCUT2D eigenvalue weighted by Crippen LogP contribution is 2.24. The monoisotopic (exact) mass is 506 g/mol. The zero-order valence-corrected chi connectivity index (χ0v) is 21.4. The van der Waals surface area contributed by atoms with Gasteiger partial charge in [-0.1, -0.05) is 54.1 Å². The van der Waals surface area contributed by atoms with Crippen molar-refractivity contribution in [2.75, 3.05) is 38.1 Å². The summed E-state index contributed by atoms with van der Waals surface area (Å²) in [5, 5.41) is 3.37. The number of piperazine rings is 1. The molecule has 0 bridgehead atoms. The molecule has 1 aliphatic heterocycles. The molecule has 1 saturated heterocycles. The molecule has 0 unspecified atom stereocenters. The molecular weight excluding hydrogens is 480 g/mol. The van der Waals surface area contributed by atoms with E-state index in [2.05, 4.69) is 29.0 Å². The van der Waals surface area contributed by atoms with Crippen LogP contribution < -0.4 is 10.5 Å². The maximum absolute atomic E-state index is 13.9. The van der Waals surface area contributed by atoms with Gasteiger partial charge in [0.1, 0.15) is 5.82 Å². The first kappa shape index (κ1) is 23.5. The van der Waals surface area contributed by atoms with Gasteiger partial charge in [-0.3, -0.25) is 9.36 Å². The van der Waals surface area contributed by atoms with Crippen LogP contribution in [0.5, 0.6) is 0 Å². The van der Waals surface area contributed by atoms with E-state index in [9.17, 15) is 4.79 Å². The first-order valence-corrected chi connectivity index (χ1v) is 12.9. The quantitative estimate of drug-likeness (QED) is 0.276. The minimum Gasteiger partial charge on any atom is -0.369 e. The Kier molecular flexibility index (Phi) is 6.25. The third-order valence-corrected chi connectivity index (χ3v) is 7.28. The lowest BCUT2D eigenvalue weighted by atomic mass is 10.1. The summed E-state index contributed by atoms with van der Waals surface area (Å²) in [5.74, 6) is 0.579. The zero-order valence-electron chi connectivity index (χ0n) is 20.6. The molecule has 1 fully saturated rings. The van der Waals surface area contributed by atoms with Crippen molar-refractivity contribution < 1.29 is 0 Å². The summed E-state index contributed by atoms with van der Waals surface area (Å²) >= 11 is 6.06. The van der Waals surface area contributed by atoms with Crippen molar-refractivity contribution in [2.24, 2.45) is 0 Å². The molecule has 2 heterocycles. The largest absolute Gasteiger partial charge is 0.369 e. The van der Waals surface area contributed by atoms with E-state index in [1.54, 1.807) is 4.57 Å². The summed E-state index contributed by atoms with van der Waals surface area (Å²) in [7, 11) is 2.15. The SMILES string of the molecule is CN1CCN(c2ccc(-n3c(C=Cc4ccc(Cl)cc4)nc4cc5ccccc5cc4c3=O)cc2)CC1. The molecule has 0 amide bonds. The molecule has 6 rings (SSSR count). The predicted molar refractivity (Wildman–Crippen MR) is 155 cm³/mol. The number of likely N-dealkylation sites (N-methyl/N-ethyl adjacent to an activating group) is 1. The molecule has 5 aromatic rings. The highest BCUT2D eigenvalue weighted by molar-refractivity contribution is 6.30. The number of rotatable bonds is 4. The van der Waals surface area contributed by atoms with Crippen LogP contribution in [0.2, 0.25) is 5.02 Å².